The number of carbonyl (C=O) groups excluding carboxylic acids is 1. The van der Waals surface area contributed by atoms with E-state index in [-0.39, 0.29) is 22.8 Å². The van der Waals surface area contributed by atoms with E-state index in [9.17, 15) is 13.6 Å². The van der Waals surface area contributed by atoms with Crippen LogP contribution in [0.5, 0.6) is 0 Å². The number of hydrogen-bond donors (Lipinski definition) is 0. The van der Waals surface area contributed by atoms with Gasteiger partial charge < -0.3 is 0 Å². The molecule has 0 heterocycles. The number of Topliss-reactive ketones (excluding diaryl/α,β-unsaturated/α-hetero) is 1. The van der Waals surface area contributed by atoms with Gasteiger partial charge in [0.2, 0.25) is 0 Å². The second-order valence-corrected chi connectivity index (χ2v) is 3.82. The molecule has 1 unspecified atom stereocenters. The summed E-state index contributed by atoms with van der Waals surface area (Å²) in [5, 5.41) is 0. The third-order valence-electron chi connectivity index (χ3n) is 2.57. The minimum absolute atomic E-state index is 0.0388. The fourth-order valence-corrected chi connectivity index (χ4v) is 1.93. The summed E-state index contributed by atoms with van der Waals surface area (Å²) in [5.74, 6) is -1.25. The quantitative estimate of drug-likeness (QED) is 0.623. The van der Waals surface area contributed by atoms with Gasteiger partial charge in [0.25, 0.3) is 0 Å². The van der Waals surface area contributed by atoms with E-state index in [2.05, 4.69) is 0 Å². The fourth-order valence-electron chi connectivity index (χ4n) is 1.93. The molecule has 1 nitrogen and oxygen atoms in total. The Morgan fingerprint density at radius 3 is 2.57 bits per heavy atom. The SMILES string of the molecule is CC1CC(=O)c2c(F)ccc(F)c2C1. The van der Waals surface area contributed by atoms with Crippen LogP contribution in [0.2, 0.25) is 0 Å². The summed E-state index contributed by atoms with van der Waals surface area (Å²) in [6.07, 6.45) is 0.762. The molecule has 3 heteroatoms. The van der Waals surface area contributed by atoms with Crippen LogP contribution in [0.1, 0.15) is 29.3 Å². The molecule has 0 aromatic heterocycles. The van der Waals surface area contributed by atoms with Gasteiger partial charge in [-0.3, -0.25) is 4.79 Å². The minimum atomic E-state index is -0.599. The minimum Gasteiger partial charge on any atom is -0.294 e. The van der Waals surface area contributed by atoms with Gasteiger partial charge in [-0.15, -0.1) is 0 Å². The summed E-state index contributed by atoms with van der Waals surface area (Å²) < 4.78 is 26.5. The first kappa shape index (κ1) is 9.31. The summed E-state index contributed by atoms with van der Waals surface area (Å²) in [5.41, 5.74) is 0.205. The molecule has 1 aliphatic carbocycles. The Morgan fingerprint density at radius 2 is 1.86 bits per heavy atom. The van der Waals surface area contributed by atoms with Crippen molar-refractivity contribution in [3.8, 4) is 0 Å². The van der Waals surface area contributed by atoms with Crippen LogP contribution in [0.3, 0.4) is 0 Å². The van der Waals surface area contributed by atoms with Crippen LogP contribution >= 0.6 is 0 Å². The third-order valence-corrected chi connectivity index (χ3v) is 2.57. The molecule has 1 atom stereocenters. The Labute approximate surface area is 80.7 Å². The summed E-state index contributed by atoms with van der Waals surface area (Å²) >= 11 is 0. The van der Waals surface area contributed by atoms with Gasteiger partial charge in [-0.25, -0.2) is 8.78 Å². The first-order chi connectivity index (χ1) is 6.59. The predicted molar refractivity (Wildman–Crippen MR) is 48.2 cm³/mol. The van der Waals surface area contributed by atoms with E-state index in [0.29, 0.717) is 12.8 Å². The highest BCUT2D eigenvalue weighted by molar-refractivity contribution is 5.98. The number of halogens is 2. The second kappa shape index (κ2) is 3.15. The lowest BCUT2D eigenvalue weighted by molar-refractivity contribution is 0.0947. The lowest BCUT2D eigenvalue weighted by atomic mass is 9.83. The molecule has 0 spiro atoms. The summed E-state index contributed by atoms with van der Waals surface area (Å²) in [4.78, 5) is 11.5. The van der Waals surface area contributed by atoms with Crippen molar-refractivity contribution < 1.29 is 13.6 Å². The van der Waals surface area contributed by atoms with Crippen LogP contribution in [-0.2, 0) is 6.42 Å². The highest BCUT2D eigenvalue weighted by atomic mass is 19.1. The lowest BCUT2D eigenvalue weighted by Crippen LogP contribution is -2.20. The third kappa shape index (κ3) is 1.33. The van der Waals surface area contributed by atoms with E-state index >= 15 is 0 Å². The number of carbonyl (C=O) groups is 1. The van der Waals surface area contributed by atoms with Crippen molar-refractivity contribution in [3.05, 3.63) is 34.9 Å². The molecule has 0 fully saturated rings. The van der Waals surface area contributed by atoms with Gasteiger partial charge in [-0.2, -0.15) is 0 Å². The molecule has 0 radical (unpaired) electrons. The van der Waals surface area contributed by atoms with Gasteiger partial charge in [0.05, 0.1) is 5.56 Å². The summed E-state index contributed by atoms with van der Waals surface area (Å²) in [6, 6.07) is 2.10. The van der Waals surface area contributed by atoms with Crippen LogP contribution in [0.15, 0.2) is 12.1 Å². The first-order valence-corrected chi connectivity index (χ1v) is 4.59. The second-order valence-electron chi connectivity index (χ2n) is 3.82. The molecule has 14 heavy (non-hydrogen) atoms. The Kier molecular flexibility index (Phi) is 2.10. The Bertz CT molecular complexity index is 399. The van der Waals surface area contributed by atoms with Crippen molar-refractivity contribution in [2.24, 2.45) is 5.92 Å². The number of benzene rings is 1. The van der Waals surface area contributed by atoms with E-state index in [4.69, 9.17) is 0 Å². The highest BCUT2D eigenvalue weighted by Crippen LogP contribution is 2.28. The molecule has 2 rings (SSSR count). The topological polar surface area (TPSA) is 17.1 Å². The molecule has 1 aromatic carbocycles. The largest absolute Gasteiger partial charge is 0.294 e. The van der Waals surface area contributed by atoms with Gasteiger partial charge >= 0.3 is 0 Å². The average molecular weight is 196 g/mol. The molecule has 1 aliphatic rings. The van der Waals surface area contributed by atoms with Gasteiger partial charge in [-0.05, 0) is 24.5 Å². The van der Waals surface area contributed by atoms with Crippen molar-refractivity contribution in [1.29, 1.82) is 0 Å². The maximum Gasteiger partial charge on any atom is 0.166 e. The molecule has 0 aliphatic heterocycles. The van der Waals surface area contributed by atoms with Crippen LogP contribution in [-0.4, -0.2) is 5.78 Å². The zero-order valence-electron chi connectivity index (χ0n) is 7.81. The van der Waals surface area contributed by atoms with Crippen LogP contribution in [0.4, 0.5) is 8.78 Å². The van der Waals surface area contributed by atoms with E-state index in [1.165, 1.54) is 0 Å². The molecule has 74 valence electrons. The molecule has 1 aromatic rings. The van der Waals surface area contributed by atoms with Crippen molar-refractivity contribution in [2.75, 3.05) is 0 Å². The van der Waals surface area contributed by atoms with Crippen LogP contribution < -0.4 is 0 Å². The van der Waals surface area contributed by atoms with E-state index in [1.807, 2.05) is 6.92 Å². The van der Waals surface area contributed by atoms with Gasteiger partial charge in [0.1, 0.15) is 11.6 Å². The number of fused-ring (bicyclic) bond motifs is 1. The van der Waals surface area contributed by atoms with Crippen molar-refractivity contribution in [3.63, 3.8) is 0 Å². The Balaban J connectivity index is 2.63. The molecule has 0 bridgehead atoms. The zero-order chi connectivity index (χ0) is 10.3. The monoisotopic (exact) mass is 196 g/mol. The van der Waals surface area contributed by atoms with Gasteiger partial charge in [0, 0.05) is 12.0 Å². The summed E-state index contributed by atoms with van der Waals surface area (Å²) in [7, 11) is 0. The molecule has 0 saturated carbocycles. The highest BCUT2D eigenvalue weighted by Gasteiger charge is 2.27. The van der Waals surface area contributed by atoms with Gasteiger partial charge in [-0.1, -0.05) is 6.92 Å². The zero-order valence-corrected chi connectivity index (χ0v) is 7.81. The molecule has 0 saturated heterocycles. The molecular formula is C11H10F2O. The fraction of sp³-hybridized carbons (Fsp3) is 0.364. The number of rotatable bonds is 0. The maximum absolute atomic E-state index is 13.3. The van der Waals surface area contributed by atoms with E-state index in [0.717, 1.165) is 12.1 Å². The van der Waals surface area contributed by atoms with Crippen molar-refractivity contribution in [2.45, 2.75) is 19.8 Å². The smallest absolute Gasteiger partial charge is 0.166 e. The predicted octanol–water partition coefficient (Wildman–Crippen LogP) is 2.73. The molecule has 0 N–H and O–H groups in total. The first-order valence-electron chi connectivity index (χ1n) is 4.59. The average Bonchev–Trinajstić information content (AvgIpc) is 2.10. The van der Waals surface area contributed by atoms with Gasteiger partial charge in [0.15, 0.2) is 5.78 Å². The number of hydrogen-bond acceptors (Lipinski definition) is 1. The summed E-state index contributed by atoms with van der Waals surface area (Å²) in [6.45, 7) is 1.87. The van der Waals surface area contributed by atoms with Crippen molar-refractivity contribution >= 4 is 5.78 Å². The van der Waals surface area contributed by atoms with Crippen molar-refractivity contribution in [1.82, 2.24) is 0 Å². The standard InChI is InChI=1S/C11H10F2O/c1-6-4-7-8(12)2-3-9(13)11(7)10(14)5-6/h2-3,6H,4-5H2,1H3. The molecule has 0 amide bonds. The number of ketones is 1. The van der Waals surface area contributed by atoms with E-state index < -0.39 is 11.6 Å². The van der Waals surface area contributed by atoms with Crippen LogP contribution in [0.25, 0.3) is 0 Å². The van der Waals surface area contributed by atoms with Crippen LogP contribution in [0, 0.1) is 17.6 Å². The molecular weight excluding hydrogens is 186 g/mol. The Morgan fingerprint density at radius 1 is 1.21 bits per heavy atom. The maximum atomic E-state index is 13.3. The van der Waals surface area contributed by atoms with E-state index in [1.54, 1.807) is 0 Å². The normalized spacial score (nSPS) is 20.8. The Hall–Kier alpha value is -1.25. The lowest BCUT2D eigenvalue weighted by Gasteiger charge is -2.20.